The Morgan fingerprint density at radius 3 is 2.18 bits per heavy atom. The van der Waals surface area contributed by atoms with E-state index in [1.165, 1.54) is 49.7 Å². The topological polar surface area (TPSA) is 125 Å². The van der Waals surface area contributed by atoms with Gasteiger partial charge < -0.3 is 9.84 Å². The van der Waals surface area contributed by atoms with E-state index >= 15 is 0 Å². The average molecular weight is 482 g/mol. The van der Waals surface area contributed by atoms with Crippen LogP contribution in [0, 0.1) is 6.92 Å². The van der Waals surface area contributed by atoms with Gasteiger partial charge in [-0.2, -0.15) is 5.10 Å². The standard InChI is InChI=1S/C24H23N3O6S/c1-17-3-13-22(14-4-17)34(31,32)27(20-9-11-21(33-2)12-10-20)16-23(28)26-25-15-18-5-7-19(8-6-18)24(29)30/h3-15H,16H2,1-2H3,(H,26,28)(H,29,30)/b25-15+. The molecule has 9 nitrogen and oxygen atoms in total. The summed E-state index contributed by atoms with van der Waals surface area (Å²) in [5, 5.41) is 12.8. The highest BCUT2D eigenvalue weighted by Gasteiger charge is 2.27. The maximum absolute atomic E-state index is 13.3. The number of hydrogen-bond acceptors (Lipinski definition) is 6. The van der Waals surface area contributed by atoms with E-state index in [1.807, 2.05) is 6.92 Å². The molecule has 0 aromatic heterocycles. The molecule has 0 spiro atoms. The zero-order valence-electron chi connectivity index (χ0n) is 18.5. The molecular formula is C24H23N3O6S. The van der Waals surface area contributed by atoms with E-state index in [0.717, 1.165) is 9.87 Å². The van der Waals surface area contributed by atoms with E-state index in [-0.39, 0.29) is 16.1 Å². The lowest BCUT2D eigenvalue weighted by molar-refractivity contribution is -0.119. The maximum atomic E-state index is 13.3. The second kappa shape index (κ2) is 10.6. The Bertz CT molecular complexity index is 1290. The number of rotatable bonds is 9. The van der Waals surface area contributed by atoms with Gasteiger partial charge in [-0.25, -0.2) is 18.6 Å². The number of methoxy groups -OCH3 is 1. The molecular weight excluding hydrogens is 458 g/mol. The van der Waals surface area contributed by atoms with Crippen LogP contribution in [0.3, 0.4) is 0 Å². The van der Waals surface area contributed by atoms with Gasteiger partial charge in [-0.3, -0.25) is 9.10 Å². The minimum atomic E-state index is -4.05. The largest absolute Gasteiger partial charge is 0.497 e. The molecule has 2 N–H and O–H groups in total. The fourth-order valence-corrected chi connectivity index (χ4v) is 4.38. The summed E-state index contributed by atoms with van der Waals surface area (Å²) >= 11 is 0. The number of carboxylic acids is 1. The van der Waals surface area contributed by atoms with Gasteiger partial charge in [0.25, 0.3) is 15.9 Å². The quantitative estimate of drug-likeness (QED) is 0.357. The summed E-state index contributed by atoms with van der Waals surface area (Å²) in [6.45, 7) is 1.33. The Morgan fingerprint density at radius 1 is 1.00 bits per heavy atom. The molecule has 3 rings (SSSR count). The number of nitrogens with zero attached hydrogens (tertiary/aromatic N) is 2. The summed E-state index contributed by atoms with van der Waals surface area (Å²) in [6, 6.07) is 18.5. The summed E-state index contributed by atoms with van der Waals surface area (Å²) < 4.78 is 32.8. The molecule has 3 aromatic carbocycles. The first-order chi connectivity index (χ1) is 16.2. The van der Waals surface area contributed by atoms with Crippen molar-refractivity contribution in [3.05, 3.63) is 89.5 Å². The first-order valence-electron chi connectivity index (χ1n) is 10.1. The highest BCUT2D eigenvalue weighted by atomic mass is 32.2. The lowest BCUT2D eigenvalue weighted by Crippen LogP contribution is -2.39. The first kappa shape index (κ1) is 24.5. The molecule has 0 bridgehead atoms. The third-order valence-electron chi connectivity index (χ3n) is 4.82. The highest BCUT2D eigenvalue weighted by molar-refractivity contribution is 7.92. The number of hydrazone groups is 1. The molecule has 0 fully saturated rings. The second-order valence-electron chi connectivity index (χ2n) is 7.24. The lowest BCUT2D eigenvalue weighted by atomic mass is 10.1. The molecule has 0 saturated heterocycles. The molecule has 0 atom stereocenters. The van der Waals surface area contributed by atoms with E-state index in [0.29, 0.717) is 11.3 Å². The van der Waals surface area contributed by atoms with Crippen LogP contribution in [0.4, 0.5) is 5.69 Å². The first-order valence-corrected chi connectivity index (χ1v) is 11.5. The van der Waals surface area contributed by atoms with Crippen molar-refractivity contribution in [3.8, 4) is 5.75 Å². The van der Waals surface area contributed by atoms with Crippen LogP contribution in [0.5, 0.6) is 5.75 Å². The molecule has 0 saturated carbocycles. The van der Waals surface area contributed by atoms with Gasteiger partial charge in [-0.15, -0.1) is 0 Å². The maximum Gasteiger partial charge on any atom is 0.335 e. The van der Waals surface area contributed by atoms with Crippen LogP contribution in [0.25, 0.3) is 0 Å². The number of aromatic carboxylic acids is 1. The normalized spacial score (nSPS) is 11.2. The fraction of sp³-hybridized carbons (Fsp3) is 0.125. The predicted octanol–water partition coefficient (Wildman–Crippen LogP) is 3.05. The number of sulfonamides is 1. The van der Waals surface area contributed by atoms with Crippen molar-refractivity contribution >= 4 is 33.8 Å². The van der Waals surface area contributed by atoms with Gasteiger partial charge in [0.2, 0.25) is 0 Å². The number of amides is 1. The molecule has 0 heterocycles. The van der Waals surface area contributed by atoms with Crippen LogP contribution < -0.4 is 14.5 Å². The van der Waals surface area contributed by atoms with Crippen LogP contribution in [-0.2, 0) is 14.8 Å². The number of carbonyl (C=O) groups excluding carboxylic acids is 1. The van der Waals surface area contributed by atoms with Gasteiger partial charge in [0.05, 0.1) is 29.5 Å². The lowest BCUT2D eigenvalue weighted by Gasteiger charge is -2.24. The van der Waals surface area contributed by atoms with Crippen LogP contribution in [0.1, 0.15) is 21.5 Å². The number of carboxylic acid groups (broad SMARTS) is 1. The van der Waals surface area contributed by atoms with Crippen LogP contribution in [0.15, 0.2) is 82.8 Å². The number of carbonyl (C=O) groups is 2. The molecule has 0 radical (unpaired) electrons. The summed E-state index contributed by atoms with van der Waals surface area (Å²) in [6.07, 6.45) is 1.33. The smallest absolute Gasteiger partial charge is 0.335 e. The highest BCUT2D eigenvalue weighted by Crippen LogP contribution is 2.26. The van der Waals surface area contributed by atoms with Crippen molar-refractivity contribution in [2.45, 2.75) is 11.8 Å². The van der Waals surface area contributed by atoms with E-state index < -0.39 is 28.4 Å². The Hall–Kier alpha value is -4.18. The third-order valence-corrected chi connectivity index (χ3v) is 6.61. The molecule has 0 aliphatic rings. The monoisotopic (exact) mass is 481 g/mol. The number of hydrogen-bond donors (Lipinski definition) is 2. The number of nitrogens with one attached hydrogen (secondary N) is 1. The summed E-state index contributed by atoms with van der Waals surface area (Å²) in [7, 11) is -2.55. The van der Waals surface area contributed by atoms with Gasteiger partial charge in [-0.1, -0.05) is 29.8 Å². The molecule has 10 heteroatoms. The number of ether oxygens (including phenoxy) is 1. The van der Waals surface area contributed by atoms with E-state index in [4.69, 9.17) is 9.84 Å². The van der Waals surface area contributed by atoms with Gasteiger partial charge in [-0.05, 0) is 61.0 Å². The minimum absolute atomic E-state index is 0.0451. The van der Waals surface area contributed by atoms with Crippen LogP contribution in [-0.4, -0.2) is 45.3 Å². The number of aryl methyl sites for hydroxylation is 1. The van der Waals surface area contributed by atoms with Crippen molar-refractivity contribution < 1.29 is 27.9 Å². The van der Waals surface area contributed by atoms with Crippen molar-refractivity contribution in [2.24, 2.45) is 5.10 Å². The summed E-state index contributed by atoms with van der Waals surface area (Å²) in [5.41, 5.74) is 4.17. The average Bonchev–Trinajstić information content (AvgIpc) is 2.83. The third kappa shape index (κ3) is 5.99. The Balaban J connectivity index is 1.80. The Kier molecular flexibility index (Phi) is 7.64. The van der Waals surface area contributed by atoms with Gasteiger partial charge in [0.15, 0.2) is 0 Å². The summed E-state index contributed by atoms with van der Waals surface area (Å²) in [4.78, 5) is 23.5. The molecule has 1 amide bonds. The zero-order valence-corrected chi connectivity index (χ0v) is 19.3. The van der Waals surface area contributed by atoms with Gasteiger partial charge in [0, 0.05) is 0 Å². The van der Waals surface area contributed by atoms with E-state index in [1.54, 1.807) is 36.4 Å². The van der Waals surface area contributed by atoms with E-state index in [2.05, 4.69) is 10.5 Å². The van der Waals surface area contributed by atoms with Crippen molar-refractivity contribution in [2.75, 3.05) is 18.0 Å². The molecule has 0 aliphatic carbocycles. The Labute approximate surface area is 197 Å². The fourth-order valence-electron chi connectivity index (χ4n) is 2.96. The SMILES string of the molecule is COc1ccc(N(CC(=O)N/N=C/c2ccc(C(=O)O)cc2)S(=O)(=O)c2ccc(C)cc2)cc1. The molecule has 0 aliphatic heterocycles. The van der Waals surface area contributed by atoms with Crippen molar-refractivity contribution in [1.29, 1.82) is 0 Å². The minimum Gasteiger partial charge on any atom is -0.497 e. The molecule has 3 aromatic rings. The molecule has 0 unspecified atom stereocenters. The summed E-state index contributed by atoms with van der Waals surface area (Å²) in [5.74, 6) is -1.17. The zero-order chi connectivity index (χ0) is 24.7. The number of benzene rings is 3. The Morgan fingerprint density at radius 2 is 1.62 bits per heavy atom. The van der Waals surface area contributed by atoms with Gasteiger partial charge in [0.1, 0.15) is 12.3 Å². The molecule has 34 heavy (non-hydrogen) atoms. The second-order valence-corrected chi connectivity index (χ2v) is 9.11. The van der Waals surface area contributed by atoms with Gasteiger partial charge >= 0.3 is 5.97 Å². The predicted molar refractivity (Wildman–Crippen MR) is 128 cm³/mol. The van der Waals surface area contributed by atoms with Crippen molar-refractivity contribution in [3.63, 3.8) is 0 Å². The van der Waals surface area contributed by atoms with E-state index in [9.17, 15) is 18.0 Å². The van der Waals surface area contributed by atoms with Crippen LogP contribution in [0.2, 0.25) is 0 Å². The van der Waals surface area contributed by atoms with Crippen LogP contribution >= 0.6 is 0 Å². The van der Waals surface area contributed by atoms with Crippen molar-refractivity contribution in [1.82, 2.24) is 5.43 Å². The molecule has 176 valence electrons. The number of anilines is 1.